The van der Waals surface area contributed by atoms with E-state index in [0.717, 1.165) is 9.37 Å². The fraction of sp³-hybridized carbons (Fsp3) is 0. The Labute approximate surface area is 126 Å². The zero-order chi connectivity index (χ0) is 14.1. The van der Waals surface area contributed by atoms with E-state index < -0.39 is 5.97 Å². The summed E-state index contributed by atoms with van der Waals surface area (Å²) >= 11 is 4.84. The normalized spacial score (nSPS) is 10.8. The minimum atomic E-state index is -0.983. The number of oxazole rings is 1. The zero-order valence-corrected chi connectivity index (χ0v) is 12.4. The molecule has 0 radical (unpaired) electrons. The molecular weight excluding hydrogens is 342 g/mol. The van der Waals surface area contributed by atoms with E-state index in [0.29, 0.717) is 16.3 Å². The van der Waals surface area contributed by atoms with Crippen molar-refractivity contribution in [3.63, 3.8) is 0 Å². The van der Waals surface area contributed by atoms with Crippen LogP contribution in [0.5, 0.6) is 0 Å². The lowest BCUT2D eigenvalue weighted by molar-refractivity contribution is 0.0697. The van der Waals surface area contributed by atoms with Gasteiger partial charge in [-0.2, -0.15) is 0 Å². The minimum absolute atomic E-state index is 0.186. The van der Waals surface area contributed by atoms with Gasteiger partial charge in [0.15, 0.2) is 5.58 Å². The van der Waals surface area contributed by atoms with Crippen LogP contribution in [0, 0.1) is 0 Å². The molecule has 100 valence electrons. The van der Waals surface area contributed by atoms with Crippen molar-refractivity contribution in [3.8, 4) is 0 Å². The Kier molecular flexibility index (Phi) is 3.50. The number of nitrogens with zero attached hydrogens (tertiary/aromatic N) is 1. The largest absolute Gasteiger partial charge is 0.478 e. The third-order valence-electron chi connectivity index (χ3n) is 2.65. The molecule has 0 spiro atoms. The number of hydrogen-bond donors (Lipinski definition) is 1. The molecule has 0 amide bonds. The van der Waals surface area contributed by atoms with Crippen LogP contribution in [0.1, 0.15) is 10.4 Å². The zero-order valence-electron chi connectivity index (χ0n) is 10.0. The summed E-state index contributed by atoms with van der Waals surface area (Å²) in [7, 11) is 0. The minimum Gasteiger partial charge on any atom is -0.478 e. The van der Waals surface area contributed by atoms with Gasteiger partial charge < -0.3 is 9.52 Å². The summed E-state index contributed by atoms with van der Waals surface area (Å²) < 4.78 is 6.54. The highest BCUT2D eigenvalue weighted by Crippen LogP contribution is 2.34. The quantitative estimate of drug-likeness (QED) is 0.757. The highest BCUT2D eigenvalue weighted by molar-refractivity contribution is 9.10. The summed E-state index contributed by atoms with van der Waals surface area (Å²) in [6, 6.07) is 12.4. The molecule has 4 nitrogen and oxygen atoms in total. The molecule has 20 heavy (non-hydrogen) atoms. The van der Waals surface area contributed by atoms with Crippen molar-refractivity contribution in [2.75, 3.05) is 0 Å². The summed E-state index contributed by atoms with van der Waals surface area (Å²) in [6.07, 6.45) is 0. The topological polar surface area (TPSA) is 63.3 Å². The smallest absolute Gasteiger partial charge is 0.335 e. The fourth-order valence-corrected chi connectivity index (χ4v) is 3.01. The van der Waals surface area contributed by atoms with E-state index in [4.69, 9.17) is 9.52 Å². The predicted molar refractivity (Wildman–Crippen MR) is 79.2 cm³/mol. The number of aromatic carboxylic acids is 1. The first-order valence-corrected chi connectivity index (χ1v) is 7.31. The van der Waals surface area contributed by atoms with E-state index in [9.17, 15) is 4.79 Å². The Morgan fingerprint density at radius 3 is 2.80 bits per heavy atom. The van der Waals surface area contributed by atoms with Crippen LogP contribution in [-0.2, 0) is 0 Å². The molecule has 6 heteroatoms. The van der Waals surface area contributed by atoms with E-state index in [1.54, 1.807) is 6.07 Å². The lowest BCUT2D eigenvalue weighted by Gasteiger charge is -1.98. The molecule has 0 aliphatic rings. The number of carboxylic acids is 1. The van der Waals surface area contributed by atoms with Crippen LogP contribution >= 0.6 is 27.7 Å². The maximum atomic E-state index is 10.9. The summed E-state index contributed by atoms with van der Waals surface area (Å²) in [4.78, 5) is 16.2. The fourth-order valence-electron chi connectivity index (χ4n) is 1.70. The molecule has 3 rings (SSSR count). The van der Waals surface area contributed by atoms with Crippen molar-refractivity contribution in [1.29, 1.82) is 0 Å². The molecule has 0 bridgehead atoms. The van der Waals surface area contributed by atoms with Gasteiger partial charge in [-0.15, -0.1) is 0 Å². The van der Waals surface area contributed by atoms with Gasteiger partial charge in [0, 0.05) is 9.37 Å². The standard InChI is InChI=1S/C14H8BrNO3S/c15-9-3-1-2-4-12(9)20-14-16-10-6-5-8(13(17)18)7-11(10)19-14/h1-7H,(H,17,18). The number of halogens is 1. The monoisotopic (exact) mass is 349 g/mol. The van der Waals surface area contributed by atoms with Crippen LogP contribution in [0.25, 0.3) is 11.1 Å². The van der Waals surface area contributed by atoms with Gasteiger partial charge in [-0.1, -0.05) is 12.1 Å². The second-order valence-electron chi connectivity index (χ2n) is 4.00. The number of carboxylic acid groups (broad SMARTS) is 1. The number of aromatic nitrogens is 1. The number of hydrogen-bond acceptors (Lipinski definition) is 4. The third-order valence-corrected chi connectivity index (χ3v) is 4.53. The number of benzene rings is 2. The van der Waals surface area contributed by atoms with E-state index in [2.05, 4.69) is 20.9 Å². The number of rotatable bonds is 3. The number of carbonyl (C=O) groups is 1. The van der Waals surface area contributed by atoms with Crippen LogP contribution in [0.2, 0.25) is 0 Å². The Morgan fingerprint density at radius 2 is 2.05 bits per heavy atom. The van der Waals surface area contributed by atoms with E-state index >= 15 is 0 Å². The van der Waals surface area contributed by atoms with Crippen molar-refractivity contribution in [1.82, 2.24) is 4.98 Å². The van der Waals surface area contributed by atoms with Crippen LogP contribution in [-0.4, -0.2) is 16.1 Å². The van der Waals surface area contributed by atoms with Crippen molar-refractivity contribution in [2.24, 2.45) is 0 Å². The van der Waals surface area contributed by atoms with E-state index in [1.807, 2.05) is 24.3 Å². The van der Waals surface area contributed by atoms with Crippen LogP contribution in [0.3, 0.4) is 0 Å². The molecule has 0 aliphatic heterocycles. The maximum absolute atomic E-state index is 10.9. The maximum Gasteiger partial charge on any atom is 0.335 e. The first-order chi connectivity index (χ1) is 9.63. The van der Waals surface area contributed by atoms with Crippen molar-refractivity contribution in [2.45, 2.75) is 10.1 Å². The molecule has 0 unspecified atom stereocenters. The second-order valence-corrected chi connectivity index (χ2v) is 5.85. The molecule has 2 aromatic carbocycles. The van der Waals surface area contributed by atoms with Crippen molar-refractivity contribution >= 4 is 44.8 Å². The van der Waals surface area contributed by atoms with Gasteiger partial charge in [0.1, 0.15) is 5.52 Å². The molecule has 0 saturated carbocycles. The molecule has 0 aliphatic carbocycles. The predicted octanol–water partition coefficient (Wildman–Crippen LogP) is 4.44. The van der Waals surface area contributed by atoms with E-state index in [-0.39, 0.29) is 5.56 Å². The van der Waals surface area contributed by atoms with Gasteiger partial charge >= 0.3 is 5.97 Å². The average molecular weight is 350 g/mol. The van der Waals surface area contributed by atoms with Crippen LogP contribution in [0.15, 0.2) is 61.5 Å². The van der Waals surface area contributed by atoms with Gasteiger partial charge in [-0.05, 0) is 58.0 Å². The Hall–Kier alpha value is -1.79. The highest BCUT2D eigenvalue weighted by Gasteiger charge is 2.11. The molecule has 1 heterocycles. The highest BCUT2D eigenvalue weighted by atomic mass is 79.9. The van der Waals surface area contributed by atoms with Gasteiger partial charge in [-0.25, -0.2) is 9.78 Å². The Balaban J connectivity index is 1.97. The summed E-state index contributed by atoms with van der Waals surface area (Å²) in [5.41, 5.74) is 1.30. The number of fused-ring (bicyclic) bond motifs is 1. The lowest BCUT2D eigenvalue weighted by atomic mass is 10.2. The van der Waals surface area contributed by atoms with Gasteiger partial charge in [0.05, 0.1) is 5.56 Å². The van der Waals surface area contributed by atoms with Crippen molar-refractivity contribution < 1.29 is 14.3 Å². The molecule has 0 saturated heterocycles. The summed E-state index contributed by atoms with van der Waals surface area (Å²) in [5, 5.41) is 9.43. The molecule has 0 atom stereocenters. The Morgan fingerprint density at radius 1 is 1.25 bits per heavy atom. The van der Waals surface area contributed by atoms with Gasteiger partial charge in [-0.3, -0.25) is 0 Å². The van der Waals surface area contributed by atoms with Crippen LogP contribution in [0.4, 0.5) is 0 Å². The second kappa shape index (κ2) is 5.30. The average Bonchev–Trinajstić information content (AvgIpc) is 2.82. The molecule has 1 N–H and O–H groups in total. The first kappa shape index (κ1) is 13.2. The van der Waals surface area contributed by atoms with Crippen molar-refractivity contribution in [3.05, 3.63) is 52.5 Å². The van der Waals surface area contributed by atoms with Gasteiger partial charge in [0.2, 0.25) is 0 Å². The SMILES string of the molecule is O=C(O)c1ccc2nc(Sc3ccccc3Br)oc2c1. The summed E-state index contributed by atoms with van der Waals surface area (Å²) in [5.74, 6) is -0.983. The first-order valence-electron chi connectivity index (χ1n) is 5.70. The molecule has 0 fully saturated rings. The third kappa shape index (κ3) is 2.57. The molecule has 3 aromatic rings. The Bertz CT molecular complexity index is 800. The summed E-state index contributed by atoms with van der Waals surface area (Å²) in [6.45, 7) is 0. The lowest BCUT2D eigenvalue weighted by Crippen LogP contribution is -1.94. The van der Waals surface area contributed by atoms with E-state index in [1.165, 1.54) is 23.9 Å². The van der Waals surface area contributed by atoms with Crippen LogP contribution < -0.4 is 0 Å². The van der Waals surface area contributed by atoms with Gasteiger partial charge in [0.25, 0.3) is 5.22 Å². The molecule has 1 aromatic heterocycles. The molecular formula is C14H8BrNO3S.